The molecule has 0 bridgehead atoms. The van der Waals surface area contributed by atoms with Gasteiger partial charge in [0, 0.05) is 4.47 Å². The van der Waals surface area contributed by atoms with Crippen molar-refractivity contribution >= 4 is 31.9 Å². The van der Waals surface area contributed by atoms with Crippen LogP contribution < -0.4 is 10.0 Å². The number of carbonyl (C=O) groups is 1. The zero-order valence-electron chi connectivity index (χ0n) is 16.8. The largest absolute Gasteiger partial charge is 0.348 e. The Labute approximate surface area is 189 Å². The smallest absolute Gasteiger partial charge is 0.241 e. The Balaban J connectivity index is 1.82. The van der Waals surface area contributed by atoms with E-state index in [1.165, 1.54) is 12.1 Å². The maximum Gasteiger partial charge on any atom is 0.241 e. The van der Waals surface area contributed by atoms with Crippen LogP contribution in [0.5, 0.6) is 0 Å². The molecule has 0 radical (unpaired) electrons. The van der Waals surface area contributed by atoms with Crippen molar-refractivity contribution in [3.05, 3.63) is 100 Å². The fourth-order valence-electron chi connectivity index (χ4n) is 3.06. The number of rotatable bonds is 8. The van der Waals surface area contributed by atoms with E-state index in [9.17, 15) is 17.6 Å². The molecule has 0 saturated heterocycles. The van der Waals surface area contributed by atoms with E-state index in [1.54, 1.807) is 0 Å². The Bertz CT molecular complexity index is 1120. The molecule has 0 aromatic heterocycles. The second-order valence-corrected chi connectivity index (χ2v) is 9.73. The predicted octanol–water partition coefficient (Wildman–Crippen LogP) is 4.36. The molecule has 2 N–H and O–H groups in total. The first-order chi connectivity index (χ1) is 14.7. The Hall–Kier alpha value is -2.55. The molecule has 0 aliphatic carbocycles. The number of hydrogen-bond acceptors (Lipinski definition) is 3. The summed E-state index contributed by atoms with van der Waals surface area (Å²) in [6, 6.07) is 19.7. The van der Waals surface area contributed by atoms with Crippen molar-refractivity contribution in [1.82, 2.24) is 10.0 Å². The third-order valence-electron chi connectivity index (χ3n) is 4.75. The summed E-state index contributed by atoms with van der Waals surface area (Å²) in [6.07, 6.45) is 0.167. The second kappa shape index (κ2) is 10.2. The average Bonchev–Trinajstić information content (AvgIpc) is 2.74. The van der Waals surface area contributed by atoms with Crippen molar-refractivity contribution in [3.8, 4) is 0 Å². The maximum atomic E-state index is 13.2. The quantitative estimate of drug-likeness (QED) is 0.478. The lowest BCUT2D eigenvalue weighted by atomic mass is 10.0. The fourth-order valence-corrected chi connectivity index (χ4v) is 4.52. The highest BCUT2D eigenvalue weighted by Crippen LogP contribution is 2.18. The van der Waals surface area contributed by atoms with Crippen LogP contribution in [0.15, 0.2) is 88.2 Å². The van der Waals surface area contributed by atoms with Crippen LogP contribution in [-0.4, -0.2) is 20.4 Å². The minimum absolute atomic E-state index is 0.110. The van der Waals surface area contributed by atoms with Gasteiger partial charge in [0.2, 0.25) is 15.9 Å². The van der Waals surface area contributed by atoms with E-state index in [-0.39, 0.29) is 17.4 Å². The number of benzene rings is 3. The normalized spacial score (nSPS) is 13.4. The molecule has 0 spiro atoms. The monoisotopic (exact) mass is 504 g/mol. The average molecular weight is 505 g/mol. The first-order valence-electron chi connectivity index (χ1n) is 9.62. The van der Waals surface area contributed by atoms with E-state index in [4.69, 9.17) is 0 Å². The van der Waals surface area contributed by atoms with Crippen LogP contribution in [0.3, 0.4) is 0 Å². The molecule has 5 nitrogen and oxygen atoms in total. The minimum Gasteiger partial charge on any atom is -0.348 e. The topological polar surface area (TPSA) is 75.3 Å². The highest BCUT2D eigenvalue weighted by atomic mass is 79.9. The SMILES string of the molecule is C[C@H](NC(=O)[C@H](Cc1ccccc1)NS(=O)(=O)c1ccc(F)cc1)c1ccc(Br)cc1. The molecule has 8 heteroatoms. The van der Waals surface area contributed by atoms with Crippen LogP contribution >= 0.6 is 15.9 Å². The molecular formula is C23H22BrFN2O3S. The van der Waals surface area contributed by atoms with Crippen molar-refractivity contribution in [2.45, 2.75) is 30.3 Å². The number of nitrogens with one attached hydrogen (secondary N) is 2. The summed E-state index contributed by atoms with van der Waals surface area (Å²) >= 11 is 3.38. The van der Waals surface area contributed by atoms with Crippen molar-refractivity contribution in [1.29, 1.82) is 0 Å². The van der Waals surface area contributed by atoms with Gasteiger partial charge in [-0.15, -0.1) is 0 Å². The van der Waals surface area contributed by atoms with Crippen LogP contribution in [0.4, 0.5) is 4.39 Å². The first kappa shape index (κ1) is 23.1. The van der Waals surface area contributed by atoms with Gasteiger partial charge in [0.25, 0.3) is 0 Å². The Morgan fingerprint density at radius 3 is 2.19 bits per heavy atom. The molecule has 0 unspecified atom stereocenters. The Morgan fingerprint density at radius 2 is 1.58 bits per heavy atom. The molecule has 3 aromatic carbocycles. The standard InChI is InChI=1S/C23H22BrFN2O3S/c1-16(18-7-9-19(24)10-8-18)26-23(28)22(15-17-5-3-2-4-6-17)27-31(29,30)21-13-11-20(25)12-14-21/h2-14,16,22,27H,15H2,1H3,(H,26,28)/t16-,22-/m0/s1. The van der Waals surface area contributed by atoms with Crippen LogP contribution in [0.2, 0.25) is 0 Å². The Kier molecular flexibility index (Phi) is 7.59. The van der Waals surface area contributed by atoms with Crippen LogP contribution in [0.1, 0.15) is 24.1 Å². The molecule has 2 atom stereocenters. The van der Waals surface area contributed by atoms with Crippen LogP contribution in [0.25, 0.3) is 0 Å². The van der Waals surface area contributed by atoms with E-state index >= 15 is 0 Å². The molecule has 3 rings (SSSR count). The van der Waals surface area contributed by atoms with Crippen LogP contribution in [0, 0.1) is 5.82 Å². The summed E-state index contributed by atoms with van der Waals surface area (Å²) in [5, 5.41) is 2.88. The van der Waals surface area contributed by atoms with Crippen molar-refractivity contribution < 1.29 is 17.6 Å². The molecular weight excluding hydrogens is 483 g/mol. The summed E-state index contributed by atoms with van der Waals surface area (Å²) in [5.74, 6) is -0.995. The number of amides is 1. The lowest BCUT2D eigenvalue weighted by Gasteiger charge is -2.22. The summed E-state index contributed by atoms with van der Waals surface area (Å²) in [6.45, 7) is 1.83. The summed E-state index contributed by atoms with van der Waals surface area (Å²) in [5.41, 5.74) is 1.69. The zero-order chi connectivity index (χ0) is 22.4. The number of sulfonamides is 1. The van der Waals surface area contributed by atoms with Gasteiger partial charge in [0.1, 0.15) is 11.9 Å². The molecule has 31 heavy (non-hydrogen) atoms. The summed E-state index contributed by atoms with van der Waals surface area (Å²) in [7, 11) is -4.03. The van der Waals surface area contributed by atoms with Gasteiger partial charge < -0.3 is 5.32 Å². The molecule has 1 amide bonds. The van der Waals surface area contributed by atoms with E-state index in [0.717, 1.165) is 27.7 Å². The molecule has 0 aliphatic heterocycles. The summed E-state index contributed by atoms with van der Waals surface area (Å²) < 4.78 is 42.2. The fraction of sp³-hybridized carbons (Fsp3) is 0.174. The van der Waals surface area contributed by atoms with Gasteiger partial charge in [0.15, 0.2) is 0 Å². The number of hydrogen-bond donors (Lipinski definition) is 2. The number of carbonyl (C=O) groups excluding carboxylic acids is 1. The molecule has 0 fully saturated rings. The van der Waals surface area contributed by atoms with Crippen molar-refractivity contribution in [2.75, 3.05) is 0 Å². The van der Waals surface area contributed by atoms with Gasteiger partial charge in [-0.3, -0.25) is 4.79 Å². The van der Waals surface area contributed by atoms with E-state index in [2.05, 4.69) is 26.0 Å². The highest BCUT2D eigenvalue weighted by Gasteiger charge is 2.27. The lowest BCUT2D eigenvalue weighted by Crippen LogP contribution is -2.48. The minimum atomic E-state index is -4.03. The maximum absolute atomic E-state index is 13.2. The van der Waals surface area contributed by atoms with Gasteiger partial charge in [-0.25, -0.2) is 12.8 Å². The molecule has 0 saturated carbocycles. The van der Waals surface area contributed by atoms with Gasteiger partial charge in [-0.2, -0.15) is 4.72 Å². The highest BCUT2D eigenvalue weighted by molar-refractivity contribution is 9.10. The van der Waals surface area contributed by atoms with Crippen LogP contribution in [-0.2, 0) is 21.2 Å². The van der Waals surface area contributed by atoms with E-state index in [0.29, 0.717) is 0 Å². The third kappa shape index (κ3) is 6.46. The third-order valence-corrected chi connectivity index (χ3v) is 6.77. The van der Waals surface area contributed by atoms with E-state index in [1.807, 2.05) is 61.5 Å². The summed E-state index contributed by atoms with van der Waals surface area (Å²) in [4.78, 5) is 12.9. The predicted molar refractivity (Wildman–Crippen MR) is 121 cm³/mol. The zero-order valence-corrected chi connectivity index (χ0v) is 19.2. The lowest BCUT2D eigenvalue weighted by molar-refractivity contribution is -0.123. The molecule has 0 heterocycles. The molecule has 0 aliphatic rings. The van der Waals surface area contributed by atoms with E-state index < -0.39 is 27.8 Å². The first-order valence-corrected chi connectivity index (χ1v) is 11.9. The van der Waals surface area contributed by atoms with Crippen molar-refractivity contribution in [3.63, 3.8) is 0 Å². The Morgan fingerprint density at radius 1 is 0.968 bits per heavy atom. The van der Waals surface area contributed by atoms with Gasteiger partial charge in [0.05, 0.1) is 10.9 Å². The van der Waals surface area contributed by atoms with Gasteiger partial charge in [-0.05, 0) is 60.9 Å². The molecule has 162 valence electrons. The van der Waals surface area contributed by atoms with Crippen molar-refractivity contribution in [2.24, 2.45) is 0 Å². The molecule has 3 aromatic rings. The van der Waals surface area contributed by atoms with Gasteiger partial charge >= 0.3 is 0 Å². The van der Waals surface area contributed by atoms with Gasteiger partial charge in [-0.1, -0.05) is 58.4 Å². The number of halogens is 2. The second-order valence-electron chi connectivity index (χ2n) is 7.10.